The predicted octanol–water partition coefficient (Wildman–Crippen LogP) is 5.80. The Morgan fingerprint density at radius 3 is 2.52 bits per heavy atom. The number of carbonyl (C=O) groups excluding carboxylic acids is 1. The van der Waals surface area contributed by atoms with E-state index in [2.05, 4.69) is 30.6 Å². The van der Waals surface area contributed by atoms with Crippen molar-refractivity contribution in [3.63, 3.8) is 0 Å². The van der Waals surface area contributed by atoms with Crippen LogP contribution in [0.1, 0.15) is 34.5 Å². The average molecular weight is 556 g/mol. The van der Waals surface area contributed by atoms with E-state index in [9.17, 15) is 22.4 Å². The van der Waals surface area contributed by atoms with Crippen LogP contribution in [0.15, 0.2) is 61.1 Å². The SMILES string of the molecule is CNc1ncnc(-c2cccnc2Oc2ccc(F)c(C(=O)Nc3cc(C(F)(F)F)ccc3C(C)N(C)C)c2)n1. The number of rotatable bonds is 8. The summed E-state index contributed by atoms with van der Waals surface area (Å²) in [7, 11) is 5.14. The molecule has 4 rings (SSSR count). The number of aromatic nitrogens is 4. The van der Waals surface area contributed by atoms with Gasteiger partial charge in [0.2, 0.25) is 11.8 Å². The second kappa shape index (κ2) is 11.6. The van der Waals surface area contributed by atoms with Gasteiger partial charge in [-0.05, 0) is 69.0 Å². The van der Waals surface area contributed by atoms with Crippen molar-refractivity contribution >= 4 is 17.5 Å². The van der Waals surface area contributed by atoms with E-state index in [0.717, 1.165) is 24.3 Å². The predicted molar refractivity (Wildman–Crippen MR) is 141 cm³/mol. The second-order valence-electron chi connectivity index (χ2n) is 8.88. The van der Waals surface area contributed by atoms with Crippen LogP contribution in [-0.2, 0) is 6.18 Å². The second-order valence-corrected chi connectivity index (χ2v) is 8.88. The lowest BCUT2D eigenvalue weighted by Crippen LogP contribution is -2.21. The molecule has 2 aromatic heterocycles. The van der Waals surface area contributed by atoms with E-state index in [1.807, 2.05) is 0 Å². The Kier molecular flexibility index (Phi) is 8.24. The molecule has 0 saturated heterocycles. The van der Waals surface area contributed by atoms with Crippen LogP contribution in [0, 0.1) is 5.82 Å². The molecule has 0 saturated carbocycles. The van der Waals surface area contributed by atoms with Gasteiger partial charge < -0.3 is 20.3 Å². The molecule has 0 radical (unpaired) electrons. The van der Waals surface area contributed by atoms with Gasteiger partial charge in [0.05, 0.1) is 16.7 Å². The molecule has 0 fully saturated rings. The molecule has 4 aromatic rings. The first-order valence-corrected chi connectivity index (χ1v) is 12.0. The zero-order valence-electron chi connectivity index (χ0n) is 21.9. The Hall–Kier alpha value is -4.65. The molecule has 40 heavy (non-hydrogen) atoms. The van der Waals surface area contributed by atoms with Crippen LogP contribution in [0.5, 0.6) is 11.6 Å². The lowest BCUT2D eigenvalue weighted by atomic mass is 10.0. The van der Waals surface area contributed by atoms with Crippen molar-refractivity contribution in [1.82, 2.24) is 24.8 Å². The fraction of sp³-hybridized carbons (Fsp3) is 0.222. The summed E-state index contributed by atoms with van der Waals surface area (Å²) in [5, 5.41) is 5.25. The van der Waals surface area contributed by atoms with Crippen LogP contribution < -0.4 is 15.4 Å². The summed E-state index contributed by atoms with van der Waals surface area (Å²) in [6.45, 7) is 1.77. The average Bonchev–Trinajstić information content (AvgIpc) is 2.93. The Morgan fingerprint density at radius 2 is 1.82 bits per heavy atom. The van der Waals surface area contributed by atoms with Gasteiger partial charge in [-0.2, -0.15) is 18.2 Å². The molecule has 2 N–H and O–H groups in total. The van der Waals surface area contributed by atoms with Crippen molar-refractivity contribution in [3.8, 4) is 23.0 Å². The lowest BCUT2D eigenvalue weighted by molar-refractivity contribution is -0.137. The van der Waals surface area contributed by atoms with Gasteiger partial charge >= 0.3 is 6.18 Å². The highest BCUT2D eigenvalue weighted by Crippen LogP contribution is 2.36. The lowest BCUT2D eigenvalue weighted by Gasteiger charge is -2.24. The number of halogens is 4. The third-order valence-electron chi connectivity index (χ3n) is 6.06. The van der Waals surface area contributed by atoms with E-state index in [4.69, 9.17) is 4.74 Å². The molecule has 208 valence electrons. The van der Waals surface area contributed by atoms with Crippen LogP contribution in [0.4, 0.5) is 29.2 Å². The standard InChI is InChI=1S/C27H25F4N7O2/c1-15(38(3)4)18-9-7-16(27(29,30)31)12-22(18)36-24(39)20-13-17(8-10-21(20)28)40-25-19(6-5-11-33-25)23-34-14-35-26(32-2)37-23/h5-15H,1-4H3,(H,36,39)(H,32,34,35,37). The van der Waals surface area contributed by atoms with E-state index in [-0.39, 0.29) is 29.2 Å². The fourth-order valence-corrected chi connectivity index (χ4v) is 3.72. The van der Waals surface area contributed by atoms with Crippen LogP contribution in [0.2, 0.25) is 0 Å². The first kappa shape index (κ1) is 28.4. The number of ether oxygens (including phenoxy) is 1. The minimum absolute atomic E-state index is 0.0559. The van der Waals surface area contributed by atoms with Crippen LogP contribution in [-0.4, -0.2) is 51.9 Å². The molecule has 9 nitrogen and oxygen atoms in total. The third kappa shape index (κ3) is 6.31. The fourth-order valence-electron chi connectivity index (χ4n) is 3.72. The number of nitrogens with one attached hydrogen (secondary N) is 2. The van der Waals surface area contributed by atoms with Crippen LogP contribution in [0.3, 0.4) is 0 Å². The molecule has 2 heterocycles. The quantitative estimate of drug-likeness (QED) is 0.263. The highest BCUT2D eigenvalue weighted by atomic mass is 19.4. The van der Waals surface area contributed by atoms with Crippen molar-refractivity contribution in [1.29, 1.82) is 0 Å². The summed E-state index contributed by atoms with van der Waals surface area (Å²) in [4.78, 5) is 31.5. The Morgan fingerprint density at radius 1 is 1.05 bits per heavy atom. The van der Waals surface area contributed by atoms with Crippen molar-refractivity contribution in [2.75, 3.05) is 31.8 Å². The molecule has 1 amide bonds. The van der Waals surface area contributed by atoms with Crippen LogP contribution in [0.25, 0.3) is 11.4 Å². The van der Waals surface area contributed by atoms with Gasteiger partial charge in [0.15, 0.2) is 5.82 Å². The molecule has 2 aromatic carbocycles. The monoisotopic (exact) mass is 555 g/mol. The molecule has 0 bridgehead atoms. The maximum Gasteiger partial charge on any atom is 0.416 e. The maximum absolute atomic E-state index is 14.8. The maximum atomic E-state index is 14.8. The van der Waals surface area contributed by atoms with Gasteiger partial charge in [0.1, 0.15) is 17.9 Å². The molecule has 0 aliphatic carbocycles. The van der Waals surface area contributed by atoms with Crippen LogP contribution >= 0.6 is 0 Å². The third-order valence-corrected chi connectivity index (χ3v) is 6.06. The number of pyridine rings is 1. The van der Waals surface area contributed by atoms with Gasteiger partial charge in [0, 0.05) is 25.0 Å². The number of carbonyl (C=O) groups is 1. The molecular weight excluding hydrogens is 530 g/mol. The number of benzene rings is 2. The Labute approximate surface area is 227 Å². The molecule has 1 atom stereocenters. The molecular formula is C27H25F4N7O2. The van der Waals surface area contributed by atoms with Gasteiger partial charge in [-0.3, -0.25) is 4.79 Å². The Bertz CT molecular complexity index is 1530. The van der Waals surface area contributed by atoms with Crippen molar-refractivity contribution in [2.24, 2.45) is 0 Å². The number of hydrogen-bond donors (Lipinski definition) is 2. The van der Waals surface area contributed by atoms with Crippen molar-refractivity contribution < 1.29 is 27.1 Å². The van der Waals surface area contributed by atoms with E-state index in [1.54, 1.807) is 45.1 Å². The highest BCUT2D eigenvalue weighted by Gasteiger charge is 2.32. The van der Waals surface area contributed by atoms with Gasteiger partial charge in [-0.15, -0.1) is 0 Å². The molecule has 0 aliphatic rings. The molecule has 0 spiro atoms. The highest BCUT2D eigenvalue weighted by molar-refractivity contribution is 6.05. The van der Waals surface area contributed by atoms with Gasteiger partial charge in [0.25, 0.3) is 5.91 Å². The summed E-state index contributed by atoms with van der Waals surface area (Å²) in [6, 6.07) is 9.48. The van der Waals surface area contributed by atoms with Crippen molar-refractivity contribution in [2.45, 2.75) is 19.1 Å². The number of anilines is 2. The van der Waals surface area contributed by atoms with E-state index in [1.165, 1.54) is 24.7 Å². The summed E-state index contributed by atoms with van der Waals surface area (Å²) in [6.07, 6.45) is -1.85. The van der Waals surface area contributed by atoms with E-state index >= 15 is 0 Å². The topological polar surface area (TPSA) is 105 Å². The molecule has 1 unspecified atom stereocenters. The summed E-state index contributed by atoms with van der Waals surface area (Å²) < 4.78 is 60.9. The molecule has 13 heteroatoms. The summed E-state index contributed by atoms with van der Waals surface area (Å²) in [5.41, 5.74) is -0.640. The van der Waals surface area contributed by atoms with E-state index < -0.39 is 29.0 Å². The minimum atomic E-state index is -4.63. The van der Waals surface area contributed by atoms with E-state index in [0.29, 0.717) is 17.1 Å². The minimum Gasteiger partial charge on any atom is -0.438 e. The summed E-state index contributed by atoms with van der Waals surface area (Å²) >= 11 is 0. The Balaban J connectivity index is 1.66. The first-order chi connectivity index (χ1) is 19.0. The number of hydrogen-bond acceptors (Lipinski definition) is 8. The first-order valence-electron chi connectivity index (χ1n) is 12.0. The largest absolute Gasteiger partial charge is 0.438 e. The van der Waals surface area contributed by atoms with Crippen molar-refractivity contribution in [3.05, 3.63) is 83.6 Å². The zero-order valence-corrected chi connectivity index (χ0v) is 21.9. The van der Waals surface area contributed by atoms with Gasteiger partial charge in [-0.1, -0.05) is 6.07 Å². The smallest absolute Gasteiger partial charge is 0.416 e. The number of alkyl halides is 3. The van der Waals surface area contributed by atoms with Gasteiger partial charge in [-0.25, -0.2) is 19.3 Å². The normalized spacial score (nSPS) is 12.2. The zero-order chi connectivity index (χ0) is 29.0. The number of nitrogens with zero attached hydrogens (tertiary/aromatic N) is 5. The molecule has 0 aliphatic heterocycles. The summed E-state index contributed by atoms with van der Waals surface area (Å²) in [5.74, 6) is -1.13. The number of amides is 1.